The number of aliphatic hydroxyl groups excluding tert-OH is 2. The molecule has 1 aliphatic rings. The van der Waals surface area contributed by atoms with E-state index in [1.54, 1.807) is 0 Å². The van der Waals surface area contributed by atoms with Crippen LogP contribution in [0.2, 0.25) is 6.04 Å². The maximum atomic E-state index is 7.62. The molecule has 4 heteroatoms. The molecule has 1 rings (SSSR count). The van der Waals surface area contributed by atoms with Crippen LogP contribution in [0.15, 0.2) is 0 Å². The molecule has 1 fully saturated rings. The lowest BCUT2D eigenvalue weighted by molar-refractivity contribution is 0.186. The van der Waals surface area contributed by atoms with Gasteiger partial charge in [0.15, 0.2) is 9.76 Å². The average Bonchev–Trinajstić information content (AvgIpc) is 2.08. The van der Waals surface area contributed by atoms with Crippen molar-refractivity contribution in [2.45, 2.75) is 18.9 Å². The predicted octanol–water partition coefficient (Wildman–Crippen LogP) is -0.730. The predicted molar refractivity (Wildman–Crippen MR) is 42.7 cm³/mol. The SMILES string of the molecule is C1CC[SiH2]OC1.OCCO. The zero-order valence-corrected chi connectivity index (χ0v) is 7.67. The minimum atomic E-state index is -0.125. The first-order valence-corrected chi connectivity index (χ1v) is 5.29. The fourth-order valence-electron chi connectivity index (χ4n) is 0.687. The van der Waals surface area contributed by atoms with Crippen LogP contribution in [-0.2, 0) is 4.43 Å². The highest BCUT2D eigenvalue weighted by molar-refractivity contribution is 6.27. The fraction of sp³-hybridized carbons (Fsp3) is 1.00. The van der Waals surface area contributed by atoms with Gasteiger partial charge in [0.2, 0.25) is 0 Å². The molecular weight excluding hydrogens is 148 g/mol. The van der Waals surface area contributed by atoms with Crippen LogP contribution >= 0.6 is 0 Å². The standard InChI is InChI=1S/C4H10OSi.C2H6O2/c1-2-4-6-5-3-1;3-1-2-4/h1-4,6H2;3-4H,1-2H2. The Balaban J connectivity index is 0.000000180. The molecule has 1 saturated heterocycles. The van der Waals surface area contributed by atoms with Crippen molar-refractivity contribution in [2.75, 3.05) is 19.8 Å². The molecule has 0 radical (unpaired) electrons. The molecule has 1 aliphatic heterocycles. The van der Waals surface area contributed by atoms with E-state index in [2.05, 4.69) is 0 Å². The van der Waals surface area contributed by atoms with Gasteiger partial charge in [-0.1, -0.05) is 6.42 Å². The van der Waals surface area contributed by atoms with Gasteiger partial charge in [-0.15, -0.1) is 0 Å². The number of hydrogen-bond donors (Lipinski definition) is 2. The van der Waals surface area contributed by atoms with Crippen molar-refractivity contribution < 1.29 is 14.6 Å². The molecule has 0 amide bonds. The van der Waals surface area contributed by atoms with Gasteiger partial charge in [-0.2, -0.15) is 0 Å². The van der Waals surface area contributed by atoms with E-state index in [9.17, 15) is 0 Å². The second kappa shape index (κ2) is 9.10. The number of hydrogen-bond acceptors (Lipinski definition) is 3. The summed E-state index contributed by atoms with van der Waals surface area (Å²) in [5.41, 5.74) is 0. The van der Waals surface area contributed by atoms with Gasteiger partial charge in [-0.3, -0.25) is 0 Å². The van der Waals surface area contributed by atoms with Crippen molar-refractivity contribution in [3.05, 3.63) is 0 Å². The van der Waals surface area contributed by atoms with E-state index >= 15 is 0 Å². The molecule has 0 aromatic rings. The van der Waals surface area contributed by atoms with Gasteiger partial charge in [0, 0.05) is 6.61 Å². The highest BCUT2D eigenvalue weighted by Crippen LogP contribution is 2.01. The Morgan fingerprint density at radius 1 is 1.20 bits per heavy atom. The summed E-state index contributed by atoms with van der Waals surface area (Å²) < 4.78 is 5.21. The molecule has 0 spiro atoms. The van der Waals surface area contributed by atoms with E-state index in [1.165, 1.54) is 18.9 Å². The Hall–Kier alpha value is 0.0969. The molecule has 0 aliphatic carbocycles. The summed E-state index contributed by atoms with van der Waals surface area (Å²) in [6.45, 7) is 0.812. The first-order valence-electron chi connectivity index (χ1n) is 3.71. The van der Waals surface area contributed by atoms with Gasteiger partial charge in [0.25, 0.3) is 0 Å². The van der Waals surface area contributed by atoms with E-state index in [0.29, 0.717) is 0 Å². The van der Waals surface area contributed by atoms with Gasteiger partial charge in [0.1, 0.15) is 0 Å². The Bertz CT molecular complexity index is 43.4. The molecule has 1 heterocycles. The third-order valence-electron chi connectivity index (χ3n) is 1.18. The topological polar surface area (TPSA) is 49.7 Å². The highest BCUT2D eigenvalue weighted by atomic mass is 28.2. The zero-order valence-electron chi connectivity index (χ0n) is 6.25. The Kier molecular flexibility index (Phi) is 9.19. The largest absolute Gasteiger partial charge is 0.424 e. The van der Waals surface area contributed by atoms with Gasteiger partial charge in [-0.05, 0) is 12.5 Å². The van der Waals surface area contributed by atoms with E-state index in [1.807, 2.05) is 0 Å². The van der Waals surface area contributed by atoms with Gasteiger partial charge >= 0.3 is 0 Å². The van der Waals surface area contributed by atoms with Gasteiger partial charge in [-0.25, -0.2) is 0 Å². The normalized spacial score (nSPS) is 19.8. The lowest BCUT2D eigenvalue weighted by Gasteiger charge is -2.07. The second-order valence-corrected chi connectivity index (χ2v) is 3.64. The van der Waals surface area contributed by atoms with E-state index < -0.39 is 0 Å². The van der Waals surface area contributed by atoms with E-state index in [4.69, 9.17) is 14.6 Å². The summed E-state index contributed by atoms with van der Waals surface area (Å²) in [7, 11) is 0.00849. The van der Waals surface area contributed by atoms with Crippen molar-refractivity contribution in [3.8, 4) is 0 Å². The summed E-state index contributed by atoms with van der Waals surface area (Å²) in [5.74, 6) is 0. The van der Waals surface area contributed by atoms with Crippen LogP contribution in [0, 0.1) is 0 Å². The summed E-state index contributed by atoms with van der Waals surface area (Å²) in [4.78, 5) is 0. The fourth-order valence-corrected chi connectivity index (χ4v) is 1.86. The lowest BCUT2D eigenvalue weighted by atomic mass is 10.4. The van der Waals surface area contributed by atoms with Crippen LogP contribution in [0.3, 0.4) is 0 Å². The quantitative estimate of drug-likeness (QED) is 0.502. The maximum Gasteiger partial charge on any atom is 0.161 e. The van der Waals surface area contributed by atoms with Crippen molar-refractivity contribution >= 4 is 9.76 Å². The summed E-state index contributed by atoms with van der Waals surface area (Å²) in [6, 6.07) is 1.42. The minimum Gasteiger partial charge on any atom is -0.424 e. The summed E-state index contributed by atoms with van der Waals surface area (Å²) in [6.07, 6.45) is 2.75. The Morgan fingerprint density at radius 3 is 2.00 bits per heavy atom. The van der Waals surface area contributed by atoms with Crippen LogP contribution < -0.4 is 0 Å². The lowest BCUT2D eigenvalue weighted by Crippen LogP contribution is -2.06. The first-order chi connectivity index (χ1) is 4.91. The van der Waals surface area contributed by atoms with Crippen molar-refractivity contribution in [1.82, 2.24) is 0 Å². The third-order valence-corrected chi connectivity index (χ3v) is 2.54. The van der Waals surface area contributed by atoms with Gasteiger partial charge in [0.05, 0.1) is 13.2 Å². The van der Waals surface area contributed by atoms with Crippen LogP contribution in [0.4, 0.5) is 0 Å². The molecule has 62 valence electrons. The Labute approximate surface area is 64.0 Å². The minimum absolute atomic E-state index is 0.00849. The van der Waals surface area contributed by atoms with Gasteiger partial charge < -0.3 is 14.6 Å². The smallest absolute Gasteiger partial charge is 0.161 e. The highest BCUT2D eigenvalue weighted by Gasteiger charge is 1.96. The molecule has 0 unspecified atom stereocenters. The van der Waals surface area contributed by atoms with Crippen LogP contribution in [0.25, 0.3) is 0 Å². The molecule has 0 aromatic carbocycles. The molecule has 3 nitrogen and oxygen atoms in total. The molecular formula is C6H16O3Si. The molecule has 2 N–H and O–H groups in total. The Morgan fingerprint density at radius 2 is 1.90 bits per heavy atom. The van der Waals surface area contributed by atoms with Crippen molar-refractivity contribution in [2.24, 2.45) is 0 Å². The molecule has 0 bridgehead atoms. The zero-order chi connectivity index (χ0) is 7.66. The van der Waals surface area contributed by atoms with Crippen LogP contribution in [0.5, 0.6) is 0 Å². The first kappa shape index (κ1) is 10.1. The third kappa shape index (κ3) is 8.10. The molecule has 0 atom stereocenters. The maximum absolute atomic E-state index is 7.62. The van der Waals surface area contributed by atoms with Crippen LogP contribution in [0.1, 0.15) is 12.8 Å². The van der Waals surface area contributed by atoms with Crippen LogP contribution in [-0.4, -0.2) is 39.8 Å². The summed E-state index contributed by atoms with van der Waals surface area (Å²) in [5, 5.41) is 15.2. The molecule has 10 heavy (non-hydrogen) atoms. The molecule has 0 saturated carbocycles. The summed E-state index contributed by atoms with van der Waals surface area (Å²) >= 11 is 0. The van der Waals surface area contributed by atoms with Crippen molar-refractivity contribution in [3.63, 3.8) is 0 Å². The second-order valence-electron chi connectivity index (χ2n) is 2.12. The number of rotatable bonds is 1. The molecule has 0 aromatic heterocycles. The van der Waals surface area contributed by atoms with E-state index in [-0.39, 0.29) is 23.0 Å². The van der Waals surface area contributed by atoms with E-state index in [0.717, 1.165) is 6.61 Å². The number of aliphatic hydroxyl groups is 2. The van der Waals surface area contributed by atoms with Crippen molar-refractivity contribution in [1.29, 1.82) is 0 Å². The monoisotopic (exact) mass is 164 g/mol. The average molecular weight is 164 g/mol.